The van der Waals surface area contributed by atoms with E-state index in [9.17, 15) is 45.6 Å². The Balaban J connectivity index is 1.53. The Bertz CT molecular complexity index is 1350. The number of hydrogen-bond donors (Lipinski definition) is 9. The molecule has 0 bridgehead atoms. The van der Waals surface area contributed by atoms with Crippen LogP contribution >= 0.6 is 0 Å². The average molecular weight is 1030 g/mol. The van der Waals surface area contributed by atoms with Gasteiger partial charge in [0.1, 0.15) is 48.8 Å². The van der Waals surface area contributed by atoms with Crippen LogP contribution in [0.5, 0.6) is 0 Å². The van der Waals surface area contributed by atoms with Gasteiger partial charge in [0, 0.05) is 6.42 Å². The fourth-order valence-corrected chi connectivity index (χ4v) is 9.56. The second-order valence-electron chi connectivity index (χ2n) is 20.8. The Labute approximate surface area is 436 Å². The monoisotopic (exact) mass is 1030 g/mol. The summed E-state index contributed by atoms with van der Waals surface area (Å²) in [6.45, 7) is 2.66. The molecule has 0 saturated carbocycles. The summed E-state index contributed by atoms with van der Waals surface area (Å²) in [5.41, 5.74) is 0. The maximum atomic E-state index is 13.1. The molecule has 0 radical (unpaired) electrons. The summed E-state index contributed by atoms with van der Waals surface area (Å²) in [4.78, 5) is 13.1. The van der Waals surface area contributed by atoms with E-state index < -0.39 is 86.8 Å². The van der Waals surface area contributed by atoms with Crippen LogP contribution in [0.25, 0.3) is 0 Å². The molecule has 2 rings (SSSR count). The lowest BCUT2D eigenvalue weighted by Crippen LogP contribution is -2.65. The molecule has 2 fully saturated rings. The van der Waals surface area contributed by atoms with Crippen molar-refractivity contribution < 1.29 is 64.6 Å². The van der Waals surface area contributed by atoms with Crippen molar-refractivity contribution in [1.29, 1.82) is 0 Å². The Morgan fingerprint density at radius 1 is 0.500 bits per heavy atom. The molecule has 72 heavy (non-hydrogen) atoms. The number of unbranched alkanes of at least 4 members (excludes halogenated alkanes) is 29. The zero-order chi connectivity index (χ0) is 52.4. The number of aliphatic hydroxyl groups excluding tert-OH is 8. The van der Waals surface area contributed by atoms with Crippen molar-refractivity contribution in [3.63, 3.8) is 0 Å². The smallest absolute Gasteiger partial charge is 0.220 e. The first-order valence-corrected chi connectivity index (χ1v) is 29.2. The molecule has 422 valence electrons. The van der Waals surface area contributed by atoms with Gasteiger partial charge in [0.2, 0.25) is 5.91 Å². The van der Waals surface area contributed by atoms with Gasteiger partial charge in [-0.05, 0) is 51.4 Å². The first-order valence-electron chi connectivity index (χ1n) is 29.2. The summed E-state index contributed by atoms with van der Waals surface area (Å²) in [6, 6.07) is -0.908. The van der Waals surface area contributed by atoms with E-state index in [-0.39, 0.29) is 18.9 Å². The van der Waals surface area contributed by atoms with Crippen LogP contribution in [0.15, 0.2) is 36.5 Å². The van der Waals surface area contributed by atoms with Crippen molar-refractivity contribution in [2.75, 3.05) is 19.8 Å². The molecule has 2 saturated heterocycles. The summed E-state index contributed by atoms with van der Waals surface area (Å²) < 4.78 is 22.6. The molecule has 1 amide bonds. The second kappa shape index (κ2) is 44.3. The second-order valence-corrected chi connectivity index (χ2v) is 20.8. The van der Waals surface area contributed by atoms with Gasteiger partial charge < -0.3 is 65.1 Å². The minimum atomic E-state index is -1.78. The van der Waals surface area contributed by atoms with Gasteiger partial charge in [-0.15, -0.1) is 0 Å². The third-order valence-electron chi connectivity index (χ3n) is 14.3. The molecule has 14 heteroatoms. The van der Waals surface area contributed by atoms with Crippen molar-refractivity contribution >= 4 is 5.91 Å². The number of rotatable bonds is 46. The van der Waals surface area contributed by atoms with E-state index in [2.05, 4.69) is 43.5 Å². The maximum absolute atomic E-state index is 13.1. The summed E-state index contributed by atoms with van der Waals surface area (Å²) in [7, 11) is 0. The first-order chi connectivity index (χ1) is 35.1. The molecule has 2 aliphatic heterocycles. The minimum absolute atomic E-state index is 0.244. The number of carbonyl (C=O) groups excluding carboxylic acids is 1. The third kappa shape index (κ3) is 30.1. The molecule has 0 aromatic rings. The molecule has 0 spiro atoms. The van der Waals surface area contributed by atoms with Crippen LogP contribution in [0, 0.1) is 0 Å². The summed E-state index contributed by atoms with van der Waals surface area (Å²) >= 11 is 0. The highest BCUT2D eigenvalue weighted by molar-refractivity contribution is 5.76. The maximum Gasteiger partial charge on any atom is 0.220 e. The number of aliphatic hydroxyl groups is 8. The van der Waals surface area contributed by atoms with Crippen LogP contribution in [-0.4, -0.2) is 140 Å². The van der Waals surface area contributed by atoms with Crippen molar-refractivity contribution in [1.82, 2.24) is 5.32 Å². The number of nitrogens with one attached hydrogen (secondary N) is 1. The van der Waals surface area contributed by atoms with Gasteiger partial charge in [-0.25, -0.2) is 0 Å². The fraction of sp³-hybridized carbons (Fsp3) is 0.879. The van der Waals surface area contributed by atoms with E-state index >= 15 is 0 Å². The summed E-state index contributed by atoms with van der Waals surface area (Å²) in [6.07, 6.45) is 37.2. The van der Waals surface area contributed by atoms with Gasteiger partial charge in [-0.3, -0.25) is 4.79 Å². The minimum Gasteiger partial charge on any atom is -0.394 e. The molecule has 0 aromatic carbocycles. The van der Waals surface area contributed by atoms with Crippen molar-refractivity contribution in [2.45, 2.75) is 306 Å². The normalized spacial score (nSPS) is 25.8. The Morgan fingerprint density at radius 2 is 0.917 bits per heavy atom. The summed E-state index contributed by atoms with van der Waals surface area (Å²) in [5.74, 6) is -0.244. The van der Waals surface area contributed by atoms with E-state index in [4.69, 9.17) is 18.9 Å². The van der Waals surface area contributed by atoms with E-state index in [0.717, 1.165) is 51.4 Å². The van der Waals surface area contributed by atoms with Crippen LogP contribution in [0.3, 0.4) is 0 Å². The Hall–Kier alpha value is -1.79. The van der Waals surface area contributed by atoms with Gasteiger partial charge in [-0.2, -0.15) is 0 Å². The number of carbonyl (C=O) groups is 1. The largest absolute Gasteiger partial charge is 0.394 e. The number of hydrogen-bond acceptors (Lipinski definition) is 13. The molecule has 0 aliphatic carbocycles. The lowest BCUT2D eigenvalue weighted by atomic mass is 9.97. The van der Waals surface area contributed by atoms with Crippen molar-refractivity contribution in [3.05, 3.63) is 36.5 Å². The van der Waals surface area contributed by atoms with E-state index in [1.807, 2.05) is 6.08 Å². The molecule has 12 atom stereocenters. The van der Waals surface area contributed by atoms with Gasteiger partial charge in [-0.1, -0.05) is 211 Å². The lowest BCUT2D eigenvalue weighted by Gasteiger charge is -2.46. The van der Waals surface area contributed by atoms with Gasteiger partial charge in [0.25, 0.3) is 0 Å². The number of amides is 1. The van der Waals surface area contributed by atoms with Gasteiger partial charge in [0.05, 0.1) is 32.0 Å². The van der Waals surface area contributed by atoms with Gasteiger partial charge in [0.15, 0.2) is 12.6 Å². The molecule has 2 aliphatic rings. The van der Waals surface area contributed by atoms with Crippen LogP contribution in [0.4, 0.5) is 0 Å². The standard InChI is InChI=1S/C58H107NO13/c1-3-5-7-9-10-11-12-13-14-15-16-17-18-19-20-21-22-23-24-25-26-27-28-29-30-31-32-33-34-35-36-38-40-42-50(63)59-46(47(62)41-39-37-8-6-4-2)45-69-57-55(68)53(66)56(49(44-61)71-57)72-58-54(67)52(65)51(64)48(43-60)70-58/h12-13,15-16,39,41,46-49,51-58,60-62,64-68H,3-11,14,17-38,40,42-45H2,1-2H3,(H,59,63)/b13-12-,16-15-,41-39+. The van der Waals surface area contributed by atoms with E-state index in [1.54, 1.807) is 6.08 Å². The first kappa shape index (κ1) is 66.3. The number of ether oxygens (including phenoxy) is 4. The molecular weight excluding hydrogens is 919 g/mol. The highest BCUT2D eigenvalue weighted by Crippen LogP contribution is 2.30. The van der Waals surface area contributed by atoms with Crippen molar-refractivity contribution in [2.24, 2.45) is 0 Å². The fourth-order valence-electron chi connectivity index (χ4n) is 9.56. The molecule has 12 unspecified atom stereocenters. The van der Waals surface area contributed by atoms with E-state index in [1.165, 1.54) is 154 Å². The molecule has 0 aromatic heterocycles. The topological polar surface area (TPSA) is 228 Å². The van der Waals surface area contributed by atoms with Crippen LogP contribution in [0.1, 0.15) is 232 Å². The van der Waals surface area contributed by atoms with Crippen LogP contribution in [0.2, 0.25) is 0 Å². The predicted molar refractivity (Wildman–Crippen MR) is 286 cm³/mol. The highest BCUT2D eigenvalue weighted by atomic mass is 16.7. The Kier molecular flexibility index (Phi) is 40.9. The van der Waals surface area contributed by atoms with Crippen LogP contribution < -0.4 is 5.32 Å². The average Bonchev–Trinajstić information content (AvgIpc) is 3.38. The molecule has 2 heterocycles. The molecule has 14 nitrogen and oxygen atoms in total. The zero-order valence-electron chi connectivity index (χ0n) is 45.2. The van der Waals surface area contributed by atoms with Crippen molar-refractivity contribution in [3.8, 4) is 0 Å². The Morgan fingerprint density at radius 3 is 1.42 bits per heavy atom. The molecule has 9 N–H and O–H groups in total. The third-order valence-corrected chi connectivity index (χ3v) is 14.3. The van der Waals surface area contributed by atoms with Crippen LogP contribution in [-0.2, 0) is 23.7 Å². The predicted octanol–water partition coefficient (Wildman–Crippen LogP) is 9.44. The zero-order valence-corrected chi connectivity index (χ0v) is 45.2. The van der Waals surface area contributed by atoms with E-state index in [0.29, 0.717) is 6.42 Å². The highest BCUT2D eigenvalue weighted by Gasteiger charge is 2.51. The SMILES string of the molecule is CCCCC/C=C/C(O)C(COC1OC(CO)C(OC2OC(CO)C(O)C(O)C2O)C(O)C1O)NC(=O)CCCCCCCCCCCCCCCCCCCCCCC/C=C\C/C=C\CCCCCCC. The molecular formula is C58H107NO13. The lowest BCUT2D eigenvalue weighted by molar-refractivity contribution is -0.359. The summed E-state index contributed by atoms with van der Waals surface area (Å²) in [5, 5.41) is 86.3. The van der Waals surface area contributed by atoms with Gasteiger partial charge >= 0.3 is 0 Å². The quantitative estimate of drug-likeness (QED) is 0.0205. The number of allylic oxidation sites excluding steroid dienone is 5.